The van der Waals surface area contributed by atoms with E-state index in [1.54, 1.807) is 0 Å². The molecule has 1 rings (SSSR count). The predicted octanol–water partition coefficient (Wildman–Crippen LogP) is 0.604. The molecule has 96 valence electrons. The second-order valence-electron chi connectivity index (χ2n) is 4.51. The largest absolute Gasteiger partial charge is 0.355 e. The van der Waals surface area contributed by atoms with E-state index in [9.17, 15) is 4.79 Å². The smallest absolute Gasteiger partial charge is 0.234 e. The summed E-state index contributed by atoms with van der Waals surface area (Å²) < 4.78 is 0. The zero-order valence-corrected chi connectivity index (χ0v) is 11.1. The maximum atomic E-state index is 11.5. The summed E-state index contributed by atoms with van der Waals surface area (Å²) in [6.07, 6.45) is 2.00. The third-order valence-corrected chi connectivity index (χ3v) is 3.00. The summed E-state index contributed by atoms with van der Waals surface area (Å²) in [7, 11) is 0. The van der Waals surface area contributed by atoms with Gasteiger partial charge in [-0.15, -0.1) is 12.4 Å². The number of nitrogens with one attached hydrogen (secondary N) is 1. The Morgan fingerprint density at radius 2 is 2.25 bits per heavy atom. The molecule has 0 aromatic rings. The van der Waals surface area contributed by atoms with E-state index in [2.05, 4.69) is 24.1 Å². The van der Waals surface area contributed by atoms with Crippen molar-refractivity contribution in [1.29, 1.82) is 0 Å². The highest BCUT2D eigenvalue weighted by Gasteiger charge is 2.23. The zero-order chi connectivity index (χ0) is 11.3. The molecule has 0 aliphatic carbocycles. The van der Waals surface area contributed by atoms with Gasteiger partial charge in [-0.1, -0.05) is 13.8 Å². The fraction of sp³-hybridized carbons (Fsp3) is 0.909. The van der Waals surface area contributed by atoms with Gasteiger partial charge in [-0.3, -0.25) is 9.69 Å². The molecule has 5 heteroatoms. The van der Waals surface area contributed by atoms with Crippen LogP contribution in [0.25, 0.3) is 0 Å². The predicted molar refractivity (Wildman–Crippen MR) is 68.7 cm³/mol. The summed E-state index contributed by atoms with van der Waals surface area (Å²) in [5.41, 5.74) is 5.92. The summed E-state index contributed by atoms with van der Waals surface area (Å²) in [4.78, 5) is 13.7. The first-order chi connectivity index (χ1) is 7.13. The summed E-state index contributed by atoms with van der Waals surface area (Å²) in [6, 6.07) is 0.306. The minimum atomic E-state index is 0. The summed E-state index contributed by atoms with van der Waals surface area (Å²) in [5.74, 6) is 0.636. The van der Waals surface area contributed by atoms with E-state index in [4.69, 9.17) is 5.73 Å². The first kappa shape index (κ1) is 15.7. The average Bonchev–Trinajstić information content (AvgIpc) is 2.20. The Balaban J connectivity index is 0.00000225. The fourth-order valence-electron chi connectivity index (χ4n) is 1.92. The third-order valence-electron chi connectivity index (χ3n) is 3.00. The Morgan fingerprint density at radius 3 is 2.81 bits per heavy atom. The maximum Gasteiger partial charge on any atom is 0.234 e. The van der Waals surface area contributed by atoms with Crippen molar-refractivity contribution >= 4 is 18.3 Å². The van der Waals surface area contributed by atoms with Gasteiger partial charge in [0.05, 0.1) is 6.54 Å². The number of halogens is 1. The molecule has 1 aliphatic heterocycles. The highest BCUT2D eigenvalue weighted by Crippen LogP contribution is 2.14. The molecule has 2 unspecified atom stereocenters. The molecule has 0 saturated carbocycles. The number of likely N-dealkylation sites (tertiary alicyclic amines) is 1. The topological polar surface area (TPSA) is 58.4 Å². The van der Waals surface area contributed by atoms with Gasteiger partial charge in [0.25, 0.3) is 0 Å². The van der Waals surface area contributed by atoms with E-state index >= 15 is 0 Å². The summed E-state index contributed by atoms with van der Waals surface area (Å²) in [5, 5.41) is 2.89. The lowest BCUT2D eigenvalue weighted by molar-refractivity contribution is -0.122. The van der Waals surface area contributed by atoms with Crippen molar-refractivity contribution in [3.63, 3.8) is 0 Å². The molecule has 1 saturated heterocycles. The van der Waals surface area contributed by atoms with Crippen LogP contribution in [-0.2, 0) is 4.79 Å². The summed E-state index contributed by atoms with van der Waals surface area (Å²) in [6.45, 7) is 7.41. The molecule has 0 aromatic heterocycles. The Morgan fingerprint density at radius 1 is 1.56 bits per heavy atom. The van der Waals surface area contributed by atoms with Gasteiger partial charge in [-0.25, -0.2) is 0 Å². The summed E-state index contributed by atoms with van der Waals surface area (Å²) >= 11 is 0. The number of amides is 1. The molecule has 0 aromatic carbocycles. The van der Waals surface area contributed by atoms with Crippen LogP contribution in [0.5, 0.6) is 0 Å². The number of rotatable bonds is 4. The molecule has 0 spiro atoms. The van der Waals surface area contributed by atoms with Crippen LogP contribution < -0.4 is 11.1 Å². The van der Waals surface area contributed by atoms with E-state index < -0.39 is 0 Å². The normalized spacial score (nSPS) is 25.9. The van der Waals surface area contributed by atoms with Gasteiger partial charge in [-0.2, -0.15) is 0 Å². The first-order valence-corrected chi connectivity index (χ1v) is 5.88. The minimum Gasteiger partial charge on any atom is -0.355 e. The van der Waals surface area contributed by atoms with Crippen molar-refractivity contribution in [2.75, 3.05) is 26.2 Å². The van der Waals surface area contributed by atoms with Gasteiger partial charge in [0, 0.05) is 25.7 Å². The number of nitrogens with zero attached hydrogens (tertiary/aromatic N) is 1. The Hall–Kier alpha value is -0.320. The second-order valence-corrected chi connectivity index (χ2v) is 4.51. The van der Waals surface area contributed by atoms with Crippen LogP contribution >= 0.6 is 12.4 Å². The van der Waals surface area contributed by atoms with E-state index in [0.29, 0.717) is 18.5 Å². The molecule has 0 radical (unpaired) electrons. The van der Waals surface area contributed by atoms with Crippen LogP contribution in [0.2, 0.25) is 0 Å². The van der Waals surface area contributed by atoms with Crippen molar-refractivity contribution in [3.05, 3.63) is 0 Å². The number of hydrogen-bond acceptors (Lipinski definition) is 3. The molecule has 16 heavy (non-hydrogen) atoms. The standard InChI is InChI=1S/C11H23N3O.ClH/c1-3-5-13-11(15)8-14-6-4-10(12)9(2)7-14;/h9-10H,3-8,12H2,1-2H3,(H,13,15);1H. The second kappa shape index (κ2) is 7.87. The van der Waals surface area contributed by atoms with Gasteiger partial charge >= 0.3 is 0 Å². The van der Waals surface area contributed by atoms with Crippen molar-refractivity contribution in [2.45, 2.75) is 32.7 Å². The van der Waals surface area contributed by atoms with Gasteiger partial charge in [0.15, 0.2) is 0 Å². The van der Waals surface area contributed by atoms with Gasteiger partial charge in [0.2, 0.25) is 5.91 Å². The minimum absolute atomic E-state index is 0. The Labute approximate surface area is 104 Å². The maximum absolute atomic E-state index is 11.5. The number of nitrogens with two attached hydrogens (primary N) is 1. The monoisotopic (exact) mass is 249 g/mol. The molecular formula is C11H24ClN3O. The van der Waals surface area contributed by atoms with Crippen LogP contribution in [0.4, 0.5) is 0 Å². The van der Waals surface area contributed by atoms with Gasteiger partial charge in [0.1, 0.15) is 0 Å². The molecule has 2 atom stereocenters. The number of carbonyl (C=O) groups is 1. The van der Waals surface area contributed by atoms with Crippen LogP contribution in [0.3, 0.4) is 0 Å². The van der Waals surface area contributed by atoms with Crippen LogP contribution in [-0.4, -0.2) is 43.0 Å². The highest BCUT2D eigenvalue weighted by molar-refractivity contribution is 5.85. The molecule has 4 nitrogen and oxygen atoms in total. The van der Waals surface area contributed by atoms with Crippen molar-refractivity contribution in [3.8, 4) is 0 Å². The number of hydrogen-bond donors (Lipinski definition) is 2. The lowest BCUT2D eigenvalue weighted by Crippen LogP contribution is -2.49. The van der Waals surface area contributed by atoms with E-state index in [1.807, 2.05) is 0 Å². The Kier molecular flexibility index (Phi) is 7.72. The lowest BCUT2D eigenvalue weighted by atomic mass is 9.95. The van der Waals surface area contributed by atoms with Crippen molar-refractivity contribution in [2.24, 2.45) is 11.7 Å². The highest BCUT2D eigenvalue weighted by atomic mass is 35.5. The number of carbonyl (C=O) groups excluding carboxylic acids is 1. The fourth-order valence-corrected chi connectivity index (χ4v) is 1.92. The zero-order valence-electron chi connectivity index (χ0n) is 10.2. The molecular weight excluding hydrogens is 226 g/mol. The number of piperidine rings is 1. The van der Waals surface area contributed by atoms with E-state index in [1.165, 1.54) is 0 Å². The molecule has 1 amide bonds. The van der Waals surface area contributed by atoms with Crippen molar-refractivity contribution in [1.82, 2.24) is 10.2 Å². The SMILES string of the molecule is CCCNC(=O)CN1CCC(N)C(C)C1.Cl. The molecule has 1 aliphatic rings. The van der Waals surface area contributed by atoms with Gasteiger partial charge < -0.3 is 11.1 Å². The third kappa shape index (κ3) is 5.14. The van der Waals surface area contributed by atoms with Crippen LogP contribution in [0.15, 0.2) is 0 Å². The lowest BCUT2D eigenvalue weighted by Gasteiger charge is -2.34. The molecule has 1 fully saturated rings. The van der Waals surface area contributed by atoms with Crippen LogP contribution in [0.1, 0.15) is 26.7 Å². The first-order valence-electron chi connectivity index (χ1n) is 5.88. The quantitative estimate of drug-likeness (QED) is 0.767. The van der Waals surface area contributed by atoms with Crippen LogP contribution in [0, 0.1) is 5.92 Å². The average molecular weight is 250 g/mol. The molecule has 1 heterocycles. The van der Waals surface area contributed by atoms with E-state index in [0.717, 1.165) is 32.5 Å². The van der Waals surface area contributed by atoms with E-state index in [-0.39, 0.29) is 18.3 Å². The Bertz CT molecular complexity index is 213. The molecule has 0 bridgehead atoms. The van der Waals surface area contributed by atoms with Crippen molar-refractivity contribution < 1.29 is 4.79 Å². The van der Waals surface area contributed by atoms with Gasteiger partial charge in [-0.05, 0) is 18.8 Å². The molecule has 3 N–H and O–H groups in total.